The van der Waals surface area contributed by atoms with Crippen molar-refractivity contribution in [3.8, 4) is 22.6 Å². The molecule has 2 rings (SSSR count). The minimum absolute atomic E-state index is 0.00204. The van der Waals surface area contributed by atoms with Crippen molar-refractivity contribution in [2.24, 2.45) is 0 Å². The SMILES string of the molecule is COc1cccc(OC)c1-c1cn[nH]c1C(=O)O. The second-order valence-electron chi connectivity index (χ2n) is 3.50. The van der Waals surface area contributed by atoms with Crippen molar-refractivity contribution in [3.63, 3.8) is 0 Å². The average Bonchev–Trinajstić information content (AvgIpc) is 2.86. The number of hydrogen-bond acceptors (Lipinski definition) is 4. The zero-order valence-corrected chi connectivity index (χ0v) is 9.93. The summed E-state index contributed by atoms with van der Waals surface area (Å²) in [5.74, 6) is -0.0352. The fraction of sp³-hybridized carbons (Fsp3) is 0.167. The Hall–Kier alpha value is -2.50. The quantitative estimate of drug-likeness (QED) is 0.861. The maximum absolute atomic E-state index is 11.1. The van der Waals surface area contributed by atoms with Crippen molar-refractivity contribution in [1.82, 2.24) is 10.2 Å². The van der Waals surface area contributed by atoms with Gasteiger partial charge in [-0.2, -0.15) is 5.10 Å². The molecule has 0 amide bonds. The number of nitrogens with zero attached hydrogens (tertiary/aromatic N) is 1. The topological polar surface area (TPSA) is 84.4 Å². The minimum Gasteiger partial charge on any atom is -0.496 e. The molecule has 18 heavy (non-hydrogen) atoms. The molecule has 0 saturated carbocycles. The first-order valence-corrected chi connectivity index (χ1v) is 5.17. The molecule has 0 radical (unpaired) electrons. The fourth-order valence-electron chi connectivity index (χ4n) is 1.76. The van der Waals surface area contributed by atoms with Gasteiger partial charge in [0.15, 0.2) is 5.69 Å². The summed E-state index contributed by atoms with van der Waals surface area (Å²) in [4.78, 5) is 11.1. The Labute approximate surface area is 103 Å². The lowest BCUT2D eigenvalue weighted by atomic mass is 10.0. The van der Waals surface area contributed by atoms with E-state index in [4.69, 9.17) is 14.6 Å². The number of aromatic carboxylic acids is 1. The number of ether oxygens (including phenoxy) is 2. The Morgan fingerprint density at radius 1 is 1.28 bits per heavy atom. The fourth-order valence-corrected chi connectivity index (χ4v) is 1.76. The van der Waals surface area contributed by atoms with Crippen LogP contribution in [0.2, 0.25) is 0 Å². The Bertz CT molecular complexity index is 555. The van der Waals surface area contributed by atoms with Crippen molar-refractivity contribution >= 4 is 5.97 Å². The summed E-state index contributed by atoms with van der Waals surface area (Å²) in [7, 11) is 3.03. The molecule has 1 heterocycles. The van der Waals surface area contributed by atoms with E-state index in [1.165, 1.54) is 20.4 Å². The van der Waals surface area contributed by atoms with Crippen molar-refractivity contribution in [2.75, 3.05) is 14.2 Å². The summed E-state index contributed by atoms with van der Waals surface area (Å²) in [6.07, 6.45) is 1.43. The largest absolute Gasteiger partial charge is 0.496 e. The molecule has 0 spiro atoms. The number of aromatic nitrogens is 2. The number of H-pyrrole nitrogens is 1. The number of carboxylic acids is 1. The molecule has 0 aliphatic heterocycles. The summed E-state index contributed by atoms with van der Waals surface area (Å²) in [5.41, 5.74) is 0.989. The van der Waals surface area contributed by atoms with Crippen LogP contribution in [0.4, 0.5) is 0 Å². The molecule has 0 atom stereocenters. The highest BCUT2D eigenvalue weighted by Gasteiger charge is 2.20. The van der Waals surface area contributed by atoms with Gasteiger partial charge in [-0.3, -0.25) is 5.10 Å². The van der Waals surface area contributed by atoms with Crippen LogP contribution in [-0.2, 0) is 0 Å². The van der Waals surface area contributed by atoms with Crippen LogP contribution in [0.3, 0.4) is 0 Å². The van der Waals surface area contributed by atoms with Gasteiger partial charge in [0.25, 0.3) is 0 Å². The lowest BCUT2D eigenvalue weighted by Crippen LogP contribution is -2.01. The predicted octanol–water partition coefficient (Wildman–Crippen LogP) is 1.79. The third-order valence-electron chi connectivity index (χ3n) is 2.55. The number of nitrogens with one attached hydrogen (secondary N) is 1. The monoisotopic (exact) mass is 248 g/mol. The number of carbonyl (C=O) groups is 1. The molecule has 1 aromatic carbocycles. The van der Waals surface area contributed by atoms with Gasteiger partial charge in [-0.25, -0.2) is 4.79 Å². The van der Waals surface area contributed by atoms with E-state index in [9.17, 15) is 4.79 Å². The first kappa shape index (κ1) is 12.0. The van der Waals surface area contributed by atoms with Crippen LogP contribution in [-0.4, -0.2) is 35.5 Å². The highest BCUT2D eigenvalue weighted by atomic mass is 16.5. The highest BCUT2D eigenvalue weighted by Crippen LogP contribution is 2.39. The summed E-state index contributed by atoms with van der Waals surface area (Å²) in [5, 5.41) is 15.3. The van der Waals surface area contributed by atoms with Gasteiger partial charge in [0.05, 0.1) is 26.0 Å². The summed E-state index contributed by atoms with van der Waals surface area (Å²) in [6, 6.07) is 5.23. The molecule has 0 aliphatic rings. The highest BCUT2D eigenvalue weighted by molar-refractivity contribution is 5.96. The first-order chi connectivity index (χ1) is 8.69. The van der Waals surface area contributed by atoms with Crippen LogP contribution in [0, 0.1) is 0 Å². The van der Waals surface area contributed by atoms with Crippen LogP contribution in [0.25, 0.3) is 11.1 Å². The molecule has 0 unspecified atom stereocenters. The normalized spacial score (nSPS) is 10.1. The average molecular weight is 248 g/mol. The predicted molar refractivity (Wildman–Crippen MR) is 64.1 cm³/mol. The molecular weight excluding hydrogens is 236 g/mol. The Morgan fingerprint density at radius 2 is 1.89 bits per heavy atom. The number of hydrogen-bond donors (Lipinski definition) is 2. The molecule has 0 aliphatic carbocycles. The third kappa shape index (κ3) is 1.88. The lowest BCUT2D eigenvalue weighted by Gasteiger charge is -2.12. The molecule has 0 saturated heterocycles. The van der Waals surface area contributed by atoms with Crippen LogP contribution in [0.1, 0.15) is 10.5 Å². The van der Waals surface area contributed by atoms with Gasteiger partial charge in [0.1, 0.15) is 11.5 Å². The third-order valence-corrected chi connectivity index (χ3v) is 2.55. The van der Waals surface area contributed by atoms with Crippen molar-refractivity contribution < 1.29 is 19.4 Å². The molecule has 1 aromatic heterocycles. The number of aromatic amines is 1. The Kier molecular flexibility index (Phi) is 3.18. The maximum atomic E-state index is 11.1. The van der Waals surface area contributed by atoms with Gasteiger partial charge in [-0.15, -0.1) is 0 Å². The van der Waals surface area contributed by atoms with E-state index in [1.54, 1.807) is 18.2 Å². The smallest absolute Gasteiger partial charge is 0.354 e. The molecule has 2 N–H and O–H groups in total. The van der Waals surface area contributed by atoms with Crippen molar-refractivity contribution in [2.45, 2.75) is 0 Å². The van der Waals surface area contributed by atoms with E-state index in [-0.39, 0.29) is 5.69 Å². The zero-order chi connectivity index (χ0) is 13.1. The number of carboxylic acid groups (broad SMARTS) is 1. The first-order valence-electron chi connectivity index (χ1n) is 5.17. The van der Waals surface area contributed by atoms with E-state index >= 15 is 0 Å². The molecule has 6 heteroatoms. The van der Waals surface area contributed by atoms with Crippen LogP contribution in [0.5, 0.6) is 11.5 Å². The van der Waals surface area contributed by atoms with Gasteiger partial charge in [0.2, 0.25) is 0 Å². The molecule has 0 bridgehead atoms. The summed E-state index contributed by atoms with van der Waals surface area (Å²) < 4.78 is 10.5. The van der Waals surface area contributed by atoms with Gasteiger partial charge in [-0.05, 0) is 12.1 Å². The second-order valence-corrected chi connectivity index (χ2v) is 3.50. The molecule has 0 fully saturated rings. The number of rotatable bonds is 4. The zero-order valence-electron chi connectivity index (χ0n) is 9.93. The standard InChI is InChI=1S/C12H12N2O4/c1-17-8-4-3-5-9(18-2)10(8)7-6-13-14-11(7)12(15)16/h3-6H,1-2H3,(H,13,14)(H,15,16). The summed E-state index contributed by atoms with van der Waals surface area (Å²) >= 11 is 0. The molecular formula is C12H12N2O4. The van der Waals surface area contributed by atoms with E-state index in [2.05, 4.69) is 10.2 Å². The van der Waals surface area contributed by atoms with Gasteiger partial charge < -0.3 is 14.6 Å². The van der Waals surface area contributed by atoms with E-state index < -0.39 is 5.97 Å². The lowest BCUT2D eigenvalue weighted by molar-refractivity contribution is 0.0691. The van der Waals surface area contributed by atoms with Gasteiger partial charge in [-0.1, -0.05) is 6.07 Å². The summed E-state index contributed by atoms with van der Waals surface area (Å²) in [6.45, 7) is 0. The Morgan fingerprint density at radius 3 is 2.39 bits per heavy atom. The second kappa shape index (κ2) is 4.79. The molecule has 2 aromatic rings. The van der Waals surface area contributed by atoms with E-state index in [0.717, 1.165) is 0 Å². The Balaban J connectivity index is 2.69. The van der Waals surface area contributed by atoms with Crippen LogP contribution < -0.4 is 9.47 Å². The van der Waals surface area contributed by atoms with E-state index in [0.29, 0.717) is 22.6 Å². The van der Waals surface area contributed by atoms with Gasteiger partial charge >= 0.3 is 5.97 Å². The van der Waals surface area contributed by atoms with Crippen LogP contribution >= 0.6 is 0 Å². The molecule has 6 nitrogen and oxygen atoms in total. The van der Waals surface area contributed by atoms with E-state index in [1.807, 2.05) is 0 Å². The molecule has 94 valence electrons. The number of benzene rings is 1. The van der Waals surface area contributed by atoms with Crippen LogP contribution in [0.15, 0.2) is 24.4 Å². The minimum atomic E-state index is -1.09. The van der Waals surface area contributed by atoms with Crippen molar-refractivity contribution in [3.05, 3.63) is 30.1 Å². The number of methoxy groups -OCH3 is 2. The van der Waals surface area contributed by atoms with Gasteiger partial charge in [0, 0.05) is 5.56 Å². The maximum Gasteiger partial charge on any atom is 0.354 e. The van der Waals surface area contributed by atoms with Crippen molar-refractivity contribution in [1.29, 1.82) is 0 Å².